The first kappa shape index (κ1) is 23.0. The topological polar surface area (TPSA) is 29.1 Å². The summed E-state index contributed by atoms with van der Waals surface area (Å²) < 4.78 is 0.827. The molecule has 1 rings (SSSR count). The van der Waals surface area contributed by atoms with Crippen LogP contribution in [-0.4, -0.2) is 36.1 Å². The molecule has 1 radical (unpaired) electrons. The molecular formula is C18H30ClN2OY+. The second kappa shape index (κ2) is 10.1. The van der Waals surface area contributed by atoms with Gasteiger partial charge in [0, 0.05) is 49.8 Å². The zero-order valence-electron chi connectivity index (χ0n) is 15.4. The molecule has 23 heavy (non-hydrogen) atoms. The van der Waals surface area contributed by atoms with Crippen LogP contribution in [0.1, 0.15) is 45.2 Å². The van der Waals surface area contributed by atoms with E-state index in [4.69, 9.17) is 11.6 Å². The Morgan fingerprint density at radius 2 is 1.52 bits per heavy atom. The summed E-state index contributed by atoms with van der Waals surface area (Å²) in [6, 6.07) is 3.77. The summed E-state index contributed by atoms with van der Waals surface area (Å²) in [5.41, 5.74) is 2.92. The molecule has 1 unspecified atom stereocenters. The minimum Gasteiger partial charge on any atom is -0.320 e. The van der Waals surface area contributed by atoms with Gasteiger partial charge in [0.1, 0.15) is 0 Å². The maximum Gasteiger partial charge on any atom is 0.282 e. The average Bonchev–Trinajstić information content (AvgIpc) is 2.48. The smallest absolute Gasteiger partial charge is 0.282 e. The van der Waals surface area contributed by atoms with Gasteiger partial charge in [0.25, 0.3) is 5.91 Å². The summed E-state index contributed by atoms with van der Waals surface area (Å²) in [6.45, 7) is 15.5. The first-order chi connectivity index (χ1) is 10.3. The third-order valence-corrected chi connectivity index (χ3v) is 5.20. The zero-order chi connectivity index (χ0) is 16.9. The number of nitrogens with one attached hydrogen (secondary N) is 1. The number of nitrogens with zero attached hydrogens (tertiary/aromatic N) is 1. The Balaban J connectivity index is 0.00000484. The summed E-state index contributed by atoms with van der Waals surface area (Å²) in [6.07, 6.45) is 0.840. The van der Waals surface area contributed by atoms with Crippen molar-refractivity contribution in [1.29, 1.82) is 0 Å². The largest absolute Gasteiger partial charge is 0.320 e. The Morgan fingerprint density at radius 1 is 1.09 bits per heavy atom. The van der Waals surface area contributed by atoms with Crippen LogP contribution in [0.25, 0.3) is 0 Å². The van der Waals surface area contributed by atoms with E-state index in [1.807, 2.05) is 26.0 Å². The summed E-state index contributed by atoms with van der Waals surface area (Å²) >= 11 is 6.07. The maximum absolute atomic E-state index is 12.9. The van der Waals surface area contributed by atoms with Gasteiger partial charge in [-0.15, -0.1) is 0 Å². The van der Waals surface area contributed by atoms with E-state index in [0.717, 1.165) is 47.4 Å². The minimum atomic E-state index is -0.0190. The second-order valence-electron chi connectivity index (χ2n) is 6.00. The standard InChI is InChI=1S/C18H29ClN2O.Y/c1-7-16(21(8-2,9-3)10-4)18(22)20-17-13(5)11-15(19)12-14(17)6;/h11-12,16H,7-10H2,1-6H3;/p+1. The van der Waals surface area contributed by atoms with Crippen molar-refractivity contribution in [2.24, 2.45) is 0 Å². The molecule has 1 atom stereocenters. The number of carbonyl (C=O) groups excluding carboxylic acids is 1. The van der Waals surface area contributed by atoms with Gasteiger partial charge in [0.15, 0.2) is 6.04 Å². The fraction of sp³-hybridized carbons (Fsp3) is 0.611. The van der Waals surface area contributed by atoms with Crippen molar-refractivity contribution in [3.63, 3.8) is 0 Å². The molecule has 1 aromatic carbocycles. The number of quaternary nitrogens is 1. The SMILES string of the molecule is CCC(C(=O)Nc1c(C)cc(Cl)cc1C)[N+](CC)(CC)CC.[Y]. The van der Waals surface area contributed by atoms with Gasteiger partial charge in [-0.25, -0.2) is 0 Å². The molecule has 3 nitrogen and oxygen atoms in total. The van der Waals surface area contributed by atoms with Crippen LogP contribution < -0.4 is 5.32 Å². The number of likely N-dealkylation sites (N-methyl/N-ethyl adjacent to an activating group) is 1. The van der Waals surface area contributed by atoms with Crippen LogP contribution in [0.5, 0.6) is 0 Å². The molecule has 0 spiro atoms. The molecule has 0 bridgehead atoms. The number of hydrogen-bond donors (Lipinski definition) is 1. The van der Waals surface area contributed by atoms with Crippen LogP contribution >= 0.6 is 11.6 Å². The first-order valence-corrected chi connectivity index (χ1v) is 8.66. The summed E-state index contributed by atoms with van der Waals surface area (Å²) in [7, 11) is 0. The molecule has 0 fully saturated rings. The van der Waals surface area contributed by atoms with Crippen molar-refractivity contribution in [3.05, 3.63) is 28.3 Å². The number of benzene rings is 1. The molecule has 0 aromatic heterocycles. The summed E-state index contributed by atoms with van der Waals surface area (Å²) in [5, 5.41) is 3.86. The summed E-state index contributed by atoms with van der Waals surface area (Å²) in [5.74, 6) is 0.113. The fourth-order valence-corrected chi connectivity index (χ4v) is 3.80. The van der Waals surface area contributed by atoms with Crippen molar-refractivity contribution < 1.29 is 42.0 Å². The van der Waals surface area contributed by atoms with E-state index >= 15 is 0 Å². The Kier molecular flexibility index (Phi) is 10.1. The normalized spacial score (nSPS) is 12.5. The van der Waals surface area contributed by atoms with Crippen LogP contribution in [0.2, 0.25) is 5.02 Å². The van der Waals surface area contributed by atoms with Gasteiger partial charge in [0.05, 0.1) is 19.6 Å². The van der Waals surface area contributed by atoms with Gasteiger partial charge in [0.2, 0.25) is 0 Å². The third kappa shape index (κ3) is 5.26. The van der Waals surface area contributed by atoms with Gasteiger partial charge in [-0.2, -0.15) is 0 Å². The third-order valence-electron chi connectivity index (χ3n) is 4.99. The van der Waals surface area contributed by atoms with Gasteiger partial charge in [-0.3, -0.25) is 4.79 Å². The molecule has 127 valence electrons. The van der Waals surface area contributed by atoms with Crippen LogP contribution in [0, 0.1) is 13.8 Å². The Bertz CT molecular complexity index is 498. The van der Waals surface area contributed by atoms with E-state index in [-0.39, 0.29) is 44.7 Å². The number of anilines is 1. The Hall–Kier alpha value is 0.0439. The van der Waals surface area contributed by atoms with Crippen molar-refractivity contribution in [2.45, 2.75) is 54.0 Å². The number of hydrogen-bond acceptors (Lipinski definition) is 1. The molecule has 0 aliphatic heterocycles. The number of amides is 1. The van der Waals surface area contributed by atoms with Crippen molar-refractivity contribution in [2.75, 3.05) is 25.0 Å². The quantitative estimate of drug-likeness (QED) is 0.652. The van der Waals surface area contributed by atoms with Crippen molar-refractivity contribution >= 4 is 23.2 Å². The van der Waals surface area contributed by atoms with Gasteiger partial charge in [-0.1, -0.05) is 18.5 Å². The molecule has 1 N–H and O–H groups in total. The van der Waals surface area contributed by atoms with E-state index < -0.39 is 0 Å². The van der Waals surface area contributed by atoms with Crippen LogP contribution in [-0.2, 0) is 37.5 Å². The second-order valence-corrected chi connectivity index (χ2v) is 6.43. The summed E-state index contributed by atoms with van der Waals surface area (Å²) in [4.78, 5) is 12.9. The molecule has 1 amide bonds. The molecule has 0 saturated carbocycles. The molecule has 5 heteroatoms. The van der Waals surface area contributed by atoms with Gasteiger partial charge < -0.3 is 9.80 Å². The van der Waals surface area contributed by atoms with E-state index in [0.29, 0.717) is 5.02 Å². The van der Waals surface area contributed by atoms with Crippen LogP contribution in [0.15, 0.2) is 12.1 Å². The predicted molar refractivity (Wildman–Crippen MR) is 95.5 cm³/mol. The molecule has 0 aliphatic carbocycles. The number of carbonyl (C=O) groups is 1. The molecule has 0 heterocycles. The Labute approximate surface area is 171 Å². The van der Waals surface area contributed by atoms with E-state index in [9.17, 15) is 4.79 Å². The number of halogens is 1. The zero-order valence-corrected chi connectivity index (χ0v) is 19.0. The Morgan fingerprint density at radius 3 is 1.87 bits per heavy atom. The molecule has 0 saturated heterocycles. The molecule has 1 aromatic rings. The minimum absolute atomic E-state index is 0. The van der Waals surface area contributed by atoms with E-state index in [1.165, 1.54) is 0 Å². The van der Waals surface area contributed by atoms with E-state index in [2.05, 4.69) is 33.0 Å². The van der Waals surface area contributed by atoms with Gasteiger partial charge in [-0.05, 0) is 57.9 Å². The maximum atomic E-state index is 12.9. The molecule has 0 aliphatic rings. The van der Waals surface area contributed by atoms with Crippen molar-refractivity contribution in [1.82, 2.24) is 0 Å². The number of rotatable bonds is 7. The van der Waals surface area contributed by atoms with E-state index in [1.54, 1.807) is 0 Å². The monoisotopic (exact) mass is 414 g/mol. The predicted octanol–water partition coefficient (Wildman–Crippen LogP) is 4.55. The van der Waals surface area contributed by atoms with Crippen molar-refractivity contribution in [3.8, 4) is 0 Å². The number of aryl methyl sites for hydroxylation is 2. The van der Waals surface area contributed by atoms with Crippen LogP contribution in [0.4, 0.5) is 5.69 Å². The molecular weight excluding hydrogens is 385 g/mol. The average molecular weight is 415 g/mol. The van der Waals surface area contributed by atoms with Crippen LogP contribution in [0.3, 0.4) is 0 Å². The van der Waals surface area contributed by atoms with Gasteiger partial charge >= 0.3 is 0 Å². The fourth-order valence-electron chi connectivity index (χ4n) is 3.47. The first-order valence-electron chi connectivity index (χ1n) is 8.28.